The fourth-order valence-corrected chi connectivity index (χ4v) is 2.53. The molecule has 26 heavy (non-hydrogen) atoms. The summed E-state index contributed by atoms with van der Waals surface area (Å²) in [4.78, 5) is 23.9. The van der Waals surface area contributed by atoms with E-state index in [2.05, 4.69) is 4.74 Å². The smallest absolute Gasteiger partial charge is 0.460 e. The fourth-order valence-electron chi connectivity index (χ4n) is 2.53. The number of methoxy groups -OCH3 is 1. The van der Waals surface area contributed by atoms with Gasteiger partial charge in [-0.05, 0) is 29.7 Å². The van der Waals surface area contributed by atoms with E-state index in [0.29, 0.717) is 11.1 Å². The van der Waals surface area contributed by atoms with Crippen LogP contribution in [0, 0.1) is 0 Å². The quantitative estimate of drug-likeness (QED) is 0.492. The Kier molecular flexibility index (Phi) is 4.93. The number of hydrogen-bond donors (Lipinski definition) is 0. The van der Waals surface area contributed by atoms with Gasteiger partial charge in [0.15, 0.2) is 0 Å². The van der Waals surface area contributed by atoms with Crippen molar-refractivity contribution in [2.24, 2.45) is 0 Å². The van der Waals surface area contributed by atoms with Gasteiger partial charge in [-0.1, -0.05) is 32.0 Å². The van der Waals surface area contributed by atoms with Gasteiger partial charge in [-0.2, -0.15) is 0 Å². The van der Waals surface area contributed by atoms with Crippen LogP contribution in [0.25, 0.3) is 11.0 Å². The van der Waals surface area contributed by atoms with E-state index in [-0.39, 0.29) is 28.4 Å². The lowest BCUT2D eigenvalue weighted by Crippen LogP contribution is -2.08. The third-order valence-electron chi connectivity index (χ3n) is 3.84. The first-order valence-corrected chi connectivity index (χ1v) is 8.07. The van der Waals surface area contributed by atoms with Gasteiger partial charge in [-0.15, -0.1) is 0 Å². The van der Waals surface area contributed by atoms with E-state index in [1.807, 2.05) is 38.1 Å². The van der Waals surface area contributed by atoms with E-state index in [4.69, 9.17) is 13.9 Å². The first kappa shape index (κ1) is 17.5. The highest BCUT2D eigenvalue weighted by Gasteiger charge is 2.14. The van der Waals surface area contributed by atoms with Crippen molar-refractivity contribution < 1.29 is 23.4 Å². The van der Waals surface area contributed by atoms with Crippen LogP contribution in [0.4, 0.5) is 4.79 Å². The Labute approximate surface area is 149 Å². The second-order valence-electron chi connectivity index (χ2n) is 5.94. The van der Waals surface area contributed by atoms with Gasteiger partial charge in [-0.25, -0.2) is 4.79 Å². The summed E-state index contributed by atoms with van der Waals surface area (Å²) in [7, 11) is 1.21. The van der Waals surface area contributed by atoms with Crippen molar-refractivity contribution in [3.05, 3.63) is 64.5 Å². The van der Waals surface area contributed by atoms with Crippen molar-refractivity contribution in [1.29, 1.82) is 0 Å². The second-order valence-corrected chi connectivity index (χ2v) is 5.94. The zero-order valence-corrected chi connectivity index (χ0v) is 14.6. The Hall–Kier alpha value is -3.28. The molecule has 0 unspecified atom stereocenters. The van der Waals surface area contributed by atoms with Gasteiger partial charge in [0.25, 0.3) is 0 Å². The van der Waals surface area contributed by atoms with Crippen LogP contribution in [-0.2, 0) is 4.74 Å². The van der Waals surface area contributed by atoms with Gasteiger partial charge in [0.05, 0.1) is 12.5 Å². The average Bonchev–Trinajstić information content (AvgIpc) is 2.64. The maximum atomic E-state index is 12.7. The third kappa shape index (κ3) is 3.54. The number of carbonyl (C=O) groups excluding carboxylic acids is 1. The molecule has 3 rings (SSSR count). The van der Waals surface area contributed by atoms with Gasteiger partial charge >= 0.3 is 6.16 Å². The standard InChI is InChI=1S/C20H18O6/c1-12(2)14-6-4-5-7-16(14)26-18-11-24-17-10-13(25-20(22)23-3)8-9-15(17)19(18)21/h4-12H,1-3H3. The van der Waals surface area contributed by atoms with E-state index in [1.54, 1.807) is 0 Å². The van der Waals surface area contributed by atoms with Crippen molar-refractivity contribution in [3.8, 4) is 17.2 Å². The zero-order chi connectivity index (χ0) is 18.7. The van der Waals surface area contributed by atoms with Gasteiger partial charge < -0.3 is 18.6 Å². The maximum Gasteiger partial charge on any atom is 0.513 e. The lowest BCUT2D eigenvalue weighted by atomic mass is 10.0. The Balaban J connectivity index is 1.97. The molecule has 134 valence electrons. The molecule has 3 aromatic rings. The van der Waals surface area contributed by atoms with Crippen LogP contribution >= 0.6 is 0 Å². The van der Waals surface area contributed by atoms with Crippen molar-refractivity contribution in [1.82, 2.24) is 0 Å². The van der Waals surface area contributed by atoms with Crippen LogP contribution in [0.2, 0.25) is 0 Å². The molecular formula is C20H18O6. The molecule has 0 aliphatic carbocycles. The lowest BCUT2D eigenvalue weighted by Gasteiger charge is -2.13. The normalized spacial score (nSPS) is 10.8. The van der Waals surface area contributed by atoms with E-state index >= 15 is 0 Å². The summed E-state index contributed by atoms with van der Waals surface area (Å²) in [6.07, 6.45) is 0.404. The van der Waals surface area contributed by atoms with Crippen LogP contribution in [0.15, 0.2) is 57.9 Å². The highest BCUT2D eigenvalue weighted by atomic mass is 16.7. The fraction of sp³-hybridized carbons (Fsp3) is 0.200. The SMILES string of the molecule is COC(=O)Oc1ccc2c(=O)c(Oc3ccccc3C(C)C)coc2c1. The molecule has 0 N–H and O–H groups in total. The molecule has 2 aromatic carbocycles. The van der Waals surface area contributed by atoms with Crippen LogP contribution < -0.4 is 14.9 Å². The number of para-hydroxylation sites is 1. The van der Waals surface area contributed by atoms with Crippen LogP contribution in [0.3, 0.4) is 0 Å². The minimum Gasteiger partial charge on any atom is -0.460 e. The molecule has 1 heterocycles. The first-order valence-electron chi connectivity index (χ1n) is 8.07. The molecule has 0 amide bonds. The summed E-state index contributed by atoms with van der Waals surface area (Å²) >= 11 is 0. The molecule has 0 spiro atoms. The van der Waals surface area contributed by atoms with E-state index in [1.165, 1.54) is 31.6 Å². The van der Waals surface area contributed by atoms with Crippen LogP contribution in [0.5, 0.6) is 17.2 Å². The summed E-state index contributed by atoms with van der Waals surface area (Å²) in [5.41, 5.74) is 0.962. The summed E-state index contributed by atoms with van der Waals surface area (Å²) in [5, 5.41) is 0.321. The molecule has 0 aliphatic rings. The Morgan fingerprint density at radius 2 is 1.85 bits per heavy atom. The predicted molar refractivity (Wildman–Crippen MR) is 96.1 cm³/mol. The van der Waals surface area contributed by atoms with Gasteiger partial charge in [-0.3, -0.25) is 4.79 Å². The van der Waals surface area contributed by atoms with E-state index in [9.17, 15) is 9.59 Å². The first-order chi connectivity index (χ1) is 12.5. The van der Waals surface area contributed by atoms with E-state index in [0.717, 1.165) is 5.56 Å². The van der Waals surface area contributed by atoms with Gasteiger partial charge in [0.1, 0.15) is 23.3 Å². The number of carbonyl (C=O) groups is 1. The molecule has 0 saturated carbocycles. The number of rotatable bonds is 4. The predicted octanol–water partition coefficient (Wildman–Crippen LogP) is 4.85. The molecule has 0 atom stereocenters. The monoisotopic (exact) mass is 354 g/mol. The van der Waals surface area contributed by atoms with Crippen molar-refractivity contribution >= 4 is 17.1 Å². The average molecular weight is 354 g/mol. The van der Waals surface area contributed by atoms with Gasteiger partial charge in [0, 0.05) is 6.07 Å². The molecule has 0 radical (unpaired) electrons. The topological polar surface area (TPSA) is 75.0 Å². The summed E-state index contributed by atoms with van der Waals surface area (Å²) in [5.74, 6) is 1.16. The largest absolute Gasteiger partial charge is 0.513 e. The van der Waals surface area contributed by atoms with Crippen LogP contribution in [0.1, 0.15) is 25.3 Å². The summed E-state index contributed by atoms with van der Waals surface area (Å²) in [6.45, 7) is 4.10. The number of benzene rings is 2. The third-order valence-corrected chi connectivity index (χ3v) is 3.84. The number of hydrogen-bond acceptors (Lipinski definition) is 6. The highest BCUT2D eigenvalue weighted by molar-refractivity contribution is 5.80. The molecule has 0 fully saturated rings. The molecule has 0 saturated heterocycles. The lowest BCUT2D eigenvalue weighted by molar-refractivity contribution is 0.121. The van der Waals surface area contributed by atoms with Crippen molar-refractivity contribution in [2.75, 3.05) is 7.11 Å². The van der Waals surface area contributed by atoms with E-state index < -0.39 is 6.16 Å². The Morgan fingerprint density at radius 3 is 2.58 bits per heavy atom. The van der Waals surface area contributed by atoms with Crippen LogP contribution in [-0.4, -0.2) is 13.3 Å². The zero-order valence-electron chi connectivity index (χ0n) is 14.6. The maximum absolute atomic E-state index is 12.7. The Bertz CT molecular complexity index is 1000. The second kappa shape index (κ2) is 7.31. The molecule has 1 aromatic heterocycles. The minimum atomic E-state index is -0.850. The highest BCUT2D eigenvalue weighted by Crippen LogP contribution is 2.30. The summed E-state index contributed by atoms with van der Waals surface area (Å²) < 4.78 is 20.7. The number of ether oxygens (including phenoxy) is 3. The number of fused-ring (bicyclic) bond motifs is 1. The minimum absolute atomic E-state index is 0.0900. The molecule has 0 bridgehead atoms. The molecule has 6 nitrogen and oxygen atoms in total. The molecule has 0 aliphatic heterocycles. The van der Waals surface area contributed by atoms with Gasteiger partial charge in [0.2, 0.25) is 11.2 Å². The summed E-state index contributed by atoms with van der Waals surface area (Å²) in [6, 6.07) is 12.0. The Morgan fingerprint density at radius 1 is 1.08 bits per heavy atom. The van der Waals surface area contributed by atoms with Crippen molar-refractivity contribution in [2.45, 2.75) is 19.8 Å². The molecule has 6 heteroatoms. The van der Waals surface area contributed by atoms with Crippen molar-refractivity contribution in [3.63, 3.8) is 0 Å². The molecular weight excluding hydrogens is 336 g/mol.